The Morgan fingerprint density at radius 2 is 2.00 bits per heavy atom. The van der Waals surface area contributed by atoms with Crippen LogP contribution in [0.4, 0.5) is 0 Å². The molecule has 0 spiro atoms. The van der Waals surface area contributed by atoms with E-state index in [1.165, 1.54) is 5.56 Å². The molecule has 2 atom stereocenters. The summed E-state index contributed by atoms with van der Waals surface area (Å²) in [7, 11) is 0. The van der Waals surface area contributed by atoms with Gasteiger partial charge in [-0.2, -0.15) is 0 Å². The number of amides is 1. The number of carbonyl (C=O) groups is 1. The van der Waals surface area contributed by atoms with Crippen LogP contribution in [0.2, 0.25) is 0 Å². The summed E-state index contributed by atoms with van der Waals surface area (Å²) in [6, 6.07) is 10.8. The van der Waals surface area contributed by atoms with Crippen molar-refractivity contribution in [2.45, 2.75) is 43.8 Å². The van der Waals surface area contributed by atoms with Gasteiger partial charge in [0.2, 0.25) is 5.91 Å². The van der Waals surface area contributed by atoms with Crippen molar-refractivity contribution in [1.29, 1.82) is 0 Å². The molecule has 1 aromatic carbocycles. The first kappa shape index (κ1) is 17.3. The van der Waals surface area contributed by atoms with Crippen molar-refractivity contribution < 1.29 is 4.79 Å². The van der Waals surface area contributed by atoms with Crippen LogP contribution < -0.4 is 5.73 Å². The fraction of sp³-hybridized carbons (Fsp3) is 0.467. The number of halogens is 2. The number of nitrogens with two attached hydrogens (primary N) is 1. The molecule has 0 aliphatic carbocycles. The van der Waals surface area contributed by atoms with E-state index in [-0.39, 0.29) is 30.7 Å². The molecule has 5 heteroatoms. The average molecular weight is 316 g/mol. The maximum atomic E-state index is 11.9. The van der Waals surface area contributed by atoms with Gasteiger partial charge in [-0.25, -0.2) is 0 Å². The van der Waals surface area contributed by atoms with Crippen molar-refractivity contribution >= 4 is 30.7 Å². The molecule has 111 valence electrons. The molecule has 2 N–H and O–H groups in total. The third kappa shape index (κ3) is 2.80. The van der Waals surface area contributed by atoms with E-state index in [0.29, 0.717) is 6.04 Å². The largest absolute Gasteiger partial charge is 0.368 e. The number of benzene rings is 1. The summed E-state index contributed by atoms with van der Waals surface area (Å²) in [4.78, 5) is 14.2. The molecule has 2 saturated heterocycles. The van der Waals surface area contributed by atoms with E-state index in [4.69, 9.17) is 5.73 Å². The SMILES string of the molecule is Cl.Cl.NC(=O)C12C[CH]CC(CC1)N2Cc1ccccc1. The molecule has 2 heterocycles. The van der Waals surface area contributed by atoms with E-state index in [0.717, 1.165) is 32.2 Å². The molecule has 2 fully saturated rings. The van der Waals surface area contributed by atoms with Crippen molar-refractivity contribution in [2.24, 2.45) is 5.73 Å². The lowest BCUT2D eigenvalue weighted by Gasteiger charge is -2.42. The van der Waals surface area contributed by atoms with Crippen LogP contribution in [-0.4, -0.2) is 22.4 Å². The van der Waals surface area contributed by atoms with Crippen LogP contribution in [0.1, 0.15) is 31.2 Å². The van der Waals surface area contributed by atoms with Gasteiger partial charge < -0.3 is 5.73 Å². The highest BCUT2D eigenvalue weighted by atomic mass is 35.5. The number of rotatable bonds is 3. The van der Waals surface area contributed by atoms with Crippen molar-refractivity contribution in [3.8, 4) is 0 Å². The highest BCUT2D eigenvalue weighted by Crippen LogP contribution is 2.44. The Morgan fingerprint density at radius 3 is 2.65 bits per heavy atom. The Morgan fingerprint density at radius 1 is 1.30 bits per heavy atom. The zero-order chi connectivity index (χ0) is 12.6. The fourth-order valence-electron chi connectivity index (χ4n) is 3.46. The normalized spacial score (nSPS) is 28.3. The molecule has 0 saturated carbocycles. The molecule has 2 unspecified atom stereocenters. The number of piperidine rings is 1. The Bertz CT molecular complexity index is 450. The van der Waals surface area contributed by atoms with E-state index in [1.54, 1.807) is 0 Å². The van der Waals surface area contributed by atoms with Gasteiger partial charge in [-0.3, -0.25) is 9.69 Å². The molecule has 20 heavy (non-hydrogen) atoms. The van der Waals surface area contributed by atoms with Gasteiger partial charge in [0.15, 0.2) is 0 Å². The number of carbonyl (C=O) groups excluding carboxylic acids is 1. The quantitative estimate of drug-likeness (QED) is 0.932. The van der Waals surface area contributed by atoms with Gasteiger partial charge in [-0.05, 0) is 37.7 Å². The first-order valence-electron chi connectivity index (χ1n) is 6.65. The summed E-state index contributed by atoms with van der Waals surface area (Å²) in [6.45, 7) is 0.836. The van der Waals surface area contributed by atoms with E-state index in [2.05, 4.69) is 23.5 Å². The van der Waals surface area contributed by atoms with Gasteiger partial charge >= 0.3 is 0 Å². The van der Waals surface area contributed by atoms with Crippen molar-refractivity contribution in [3.05, 3.63) is 42.3 Å². The summed E-state index contributed by atoms with van der Waals surface area (Å²) in [6.07, 6.45) is 6.14. The minimum Gasteiger partial charge on any atom is -0.368 e. The first-order valence-corrected chi connectivity index (χ1v) is 6.65. The minimum absolute atomic E-state index is 0. The predicted octanol–water partition coefficient (Wildman–Crippen LogP) is 2.72. The maximum Gasteiger partial charge on any atom is 0.237 e. The van der Waals surface area contributed by atoms with Gasteiger partial charge in [0.05, 0.1) is 0 Å². The Kier molecular flexibility index (Phi) is 5.87. The standard InChI is InChI=1S/C15H19N2O.2ClH/c16-14(18)15-9-4-7-13(8-10-15)17(15)11-12-5-2-1-3-6-12;;/h1-6,13H,7-11H2,(H2,16,18);2*1H. The number of hydrogen-bond acceptors (Lipinski definition) is 2. The number of fused-ring (bicyclic) bond motifs is 2. The molecule has 1 aromatic rings. The van der Waals surface area contributed by atoms with Gasteiger partial charge in [-0.1, -0.05) is 30.3 Å². The van der Waals surface area contributed by atoms with Crippen LogP contribution in [0.3, 0.4) is 0 Å². The molecule has 3 rings (SSSR count). The van der Waals surface area contributed by atoms with E-state index < -0.39 is 5.54 Å². The summed E-state index contributed by atoms with van der Waals surface area (Å²) in [5.74, 6) is -0.156. The van der Waals surface area contributed by atoms with Crippen LogP contribution >= 0.6 is 24.8 Å². The third-order valence-corrected chi connectivity index (χ3v) is 4.46. The second-order valence-corrected chi connectivity index (χ2v) is 5.43. The summed E-state index contributed by atoms with van der Waals surface area (Å²) < 4.78 is 0. The van der Waals surface area contributed by atoms with Crippen LogP contribution in [0.15, 0.2) is 30.3 Å². The van der Waals surface area contributed by atoms with Crippen molar-refractivity contribution in [3.63, 3.8) is 0 Å². The number of nitrogens with zero attached hydrogens (tertiary/aromatic N) is 1. The number of primary amides is 1. The van der Waals surface area contributed by atoms with E-state index >= 15 is 0 Å². The Balaban J connectivity index is 0.000001000. The molecule has 1 amide bonds. The maximum absolute atomic E-state index is 11.9. The molecular weight excluding hydrogens is 295 g/mol. The van der Waals surface area contributed by atoms with Crippen molar-refractivity contribution in [1.82, 2.24) is 4.90 Å². The Hall–Kier alpha value is -0.770. The third-order valence-electron chi connectivity index (χ3n) is 4.46. The second-order valence-electron chi connectivity index (χ2n) is 5.43. The van der Waals surface area contributed by atoms with Gasteiger partial charge in [0.1, 0.15) is 5.54 Å². The number of hydrogen-bond donors (Lipinski definition) is 1. The molecule has 2 bridgehead atoms. The van der Waals surface area contributed by atoms with Crippen LogP contribution in [-0.2, 0) is 11.3 Å². The zero-order valence-corrected chi connectivity index (χ0v) is 13.0. The Labute approximate surface area is 132 Å². The molecule has 2 aliphatic heterocycles. The summed E-state index contributed by atoms with van der Waals surface area (Å²) in [5, 5.41) is 0. The molecule has 2 aliphatic rings. The second kappa shape index (κ2) is 6.79. The highest BCUT2D eigenvalue weighted by Gasteiger charge is 2.52. The lowest BCUT2D eigenvalue weighted by molar-refractivity contribution is -0.131. The molecular formula is C15H21Cl2N2O. The average Bonchev–Trinajstić information content (AvgIpc) is 2.60. The summed E-state index contributed by atoms with van der Waals surface area (Å²) in [5.41, 5.74) is 6.53. The zero-order valence-electron chi connectivity index (χ0n) is 11.3. The first-order chi connectivity index (χ1) is 8.72. The summed E-state index contributed by atoms with van der Waals surface area (Å²) >= 11 is 0. The monoisotopic (exact) mass is 315 g/mol. The molecule has 3 nitrogen and oxygen atoms in total. The van der Waals surface area contributed by atoms with Crippen molar-refractivity contribution in [2.75, 3.05) is 0 Å². The van der Waals surface area contributed by atoms with Crippen LogP contribution in [0.5, 0.6) is 0 Å². The van der Waals surface area contributed by atoms with E-state index in [9.17, 15) is 4.79 Å². The topological polar surface area (TPSA) is 46.3 Å². The molecule has 0 aromatic heterocycles. The molecule has 1 radical (unpaired) electrons. The smallest absolute Gasteiger partial charge is 0.237 e. The fourth-order valence-corrected chi connectivity index (χ4v) is 3.46. The van der Waals surface area contributed by atoms with Gasteiger partial charge in [-0.15, -0.1) is 24.8 Å². The van der Waals surface area contributed by atoms with E-state index in [1.807, 2.05) is 18.2 Å². The van der Waals surface area contributed by atoms with Crippen LogP contribution in [0.25, 0.3) is 0 Å². The van der Waals surface area contributed by atoms with Gasteiger partial charge in [0, 0.05) is 12.6 Å². The lowest BCUT2D eigenvalue weighted by atomic mass is 9.87. The predicted molar refractivity (Wildman–Crippen MR) is 85.0 cm³/mol. The van der Waals surface area contributed by atoms with Crippen LogP contribution in [0, 0.1) is 6.42 Å². The van der Waals surface area contributed by atoms with Gasteiger partial charge in [0.25, 0.3) is 0 Å². The lowest BCUT2D eigenvalue weighted by Crippen LogP contribution is -2.57. The minimum atomic E-state index is -0.418. The highest BCUT2D eigenvalue weighted by molar-refractivity contribution is 5.86.